The van der Waals surface area contributed by atoms with Crippen molar-refractivity contribution < 1.29 is 9.59 Å². The predicted molar refractivity (Wildman–Crippen MR) is 72.3 cm³/mol. The van der Waals surface area contributed by atoms with Crippen molar-refractivity contribution in [3.63, 3.8) is 0 Å². The summed E-state index contributed by atoms with van der Waals surface area (Å²) in [6, 6.07) is 0. The number of aryl methyl sites for hydroxylation is 2. The Balaban J connectivity index is 2.22. The van der Waals surface area contributed by atoms with Crippen LogP contribution in [-0.2, 0) is 13.1 Å². The highest BCUT2D eigenvalue weighted by Crippen LogP contribution is 2.14. The fourth-order valence-electron chi connectivity index (χ4n) is 1.71. The van der Waals surface area contributed by atoms with Gasteiger partial charge in [-0.3, -0.25) is 19.0 Å². The third kappa shape index (κ3) is 2.68. The summed E-state index contributed by atoms with van der Waals surface area (Å²) in [5, 5.41) is 10.6. The number of primary amides is 1. The van der Waals surface area contributed by atoms with E-state index in [0.717, 1.165) is 0 Å². The van der Waals surface area contributed by atoms with Gasteiger partial charge in [-0.05, 0) is 13.8 Å². The lowest BCUT2D eigenvalue weighted by molar-refractivity contribution is 0.0995. The molecule has 2 amide bonds. The third-order valence-electron chi connectivity index (χ3n) is 2.79. The first-order valence-corrected chi connectivity index (χ1v) is 6.26. The van der Waals surface area contributed by atoms with Crippen LogP contribution in [-0.4, -0.2) is 31.4 Å². The molecule has 0 aliphatic heterocycles. The van der Waals surface area contributed by atoms with Crippen LogP contribution in [0.3, 0.4) is 0 Å². The van der Waals surface area contributed by atoms with E-state index in [-0.39, 0.29) is 11.6 Å². The summed E-state index contributed by atoms with van der Waals surface area (Å²) in [5.41, 5.74) is 5.99. The van der Waals surface area contributed by atoms with Crippen molar-refractivity contribution in [1.29, 1.82) is 0 Å². The molecule has 106 valence electrons. The van der Waals surface area contributed by atoms with Crippen LogP contribution in [0.2, 0.25) is 0 Å². The number of carbonyl (C=O) groups is 2. The van der Waals surface area contributed by atoms with Crippen LogP contribution in [0.5, 0.6) is 0 Å². The third-order valence-corrected chi connectivity index (χ3v) is 2.79. The number of aromatic nitrogens is 4. The molecule has 0 saturated heterocycles. The van der Waals surface area contributed by atoms with Crippen LogP contribution in [0.4, 0.5) is 5.69 Å². The molecule has 0 spiro atoms. The van der Waals surface area contributed by atoms with Gasteiger partial charge in [0.25, 0.3) is 11.8 Å². The van der Waals surface area contributed by atoms with Gasteiger partial charge in [-0.25, -0.2) is 0 Å². The van der Waals surface area contributed by atoms with E-state index in [0.29, 0.717) is 24.3 Å². The summed E-state index contributed by atoms with van der Waals surface area (Å²) < 4.78 is 3.17. The zero-order valence-electron chi connectivity index (χ0n) is 11.3. The van der Waals surface area contributed by atoms with Crippen LogP contribution in [0, 0.1) is 0 Å². The van der Waals surface area contributed by atoms with E-state index in [1.165, 1.54) is 10.9 Å². The number of hydrogen-bond acceptors (Lipinski definition) is 4. The molecule has 8 nitrogen and oxygen atoms in total. The van der Waals surface area contributed by atoms with E-state index in [1.54, 1.807) is 17.1 Å². The normalized spacial score (nSPS) is 10.5. The molecule has 0 aliphatic rings. The second-order valence-electron chi connectivity index (χ2n) is 4.15. The molecule has 2 aromatic rings. The Kier molecular flexibility index (Phi) is 3.83. The zero-order chi connectivity index (χ0) is 14.7. The van der Waals surface area contributed by atoms with E-state index in [2.05, 4.69) is 15.5 Å². The molecule has 0 atom stereocenters. The summed E-state index contributed by atoms with van der Waals surface area (Å²) in [4.78, 5) is 23.4. The second-order valence-corrected chi connectivity index (χ2v) is 4.15. The molecular formula is C12H16N6O2. The fourth-order valence-corrected chi connectivity index (χ4v) is 1.71. The van der Waals surface area contributed by atoms with Crippen molar-refractivity contribution >= 4 is 17.5 Å². The van der Waals surface area contributed by atoms with E-state index >= 15 is 0 Å². The van der Waals surface area contributed by atoms with Gasteiger partial charge < -0.3 is 11.1 Å². The van der Waals surface area contributed by atoms with Gasteiger partial charge in [0.15, 0.2) is 5.69 Å². The molecule has 0 bridgehead atoms. The van der Waals surface area contributed by atoms with Crippen LogP contribution in [0.1, 0.15) is 34.7 Å². The van der Waals surface area contributed by atoms with Crippen LogP contribution >= 0.6 is 0 Å². The average Bonchev–Trinajstić information content (AvgIpc) is 3.04. The first-order chi connectivity index (χ1) is 9.55. The molecule has 0 fully saturated rings. The Morgan fingerprint density at radius 2 is 1.95 bits per heavy atom. The SMILES string of the molecule is CCn1cc(C(=O)Nc2cn(CC)nc2C(N)=O)cn1. The van der Waals surface area contributed by atoms with Crippen molar-refractivity contribution in [2.75, 3.05) is 5.32 Å². The number of anilines is 1. The van der Waals surface area contributed by atoms with Gasteiger partial charge in [0, 0.05) is 25.5 Å². The number of nitrogens with zero attached hydrogens (tertiary/aromatic N) is 4. The molecule has 2 heterocycles. The number of hydrogen-bond donors (Lipinski definition) is 2. The lowest BCUT2D eigenvalue weighted by atomic mass is 10.3. The molecule has 3 N–H and O–H groups in total. The first-order valence-electron chi connectivity index (χ1n) is 6.26. The number of amides is 2. The van der Waals surface area contributed by atoms with Crippen LogP contribution in [0.25, 0.3) is 0 Å². The molecule has 2 aromatic heterocycles. The monoisotopic (exact) mass is 276 g/mol. The second kappa shape index (κ2) is 5.55. The lowest BCUT2D eigenvalue weighted by Gasteiger charge is -2.01. The Hall–Kier alpha value is -2.64. The lowest BCUT2D eigenvalue weighted by Crippen LogP contribution is -2.17. The average molecular weight is 276 g/mol. The minimum Gasteiger partial charge on any atom is -0.364 e. The van der Waals surface area contributed by atoms with Gasteiger partial charge in [0.05, 0.1) is 17.4 Å². The molecule has 0 saturated carbocycles. The van der Waals surface area contributed by atoms with Gasteiger partial charge in [0.2, 0.25) is 0 Å². The van der Waals surface area contributed by atoms with Crippen molar-refractivity contribution in [2.24, 2.45) is 5.73 Å². The van der Waals surface area contributed by atoms with Crippen LogP contribution in [0.15, 0.2) is 18.6 Å². The van der Waals surface area contributed by atoms with E-state index in [9.17, 15) is 9.59 Å². The Bertz CT molecular complexity index is 642. The minimum absolute atomic E-state index is 0.0445. The molecule has 0 aliphatic carbocycles. The van der Waals surface area contributed by atoms with Crippen molar-refractivity contribution in [3.05, 3.63) is 29.8 Å². The first kappa shape index (κ1) is 13.8. The Labute approximate surface area is 115 Å². The molecule has 20 heavy (non-hydrogen) atoms. The largest absolute Gasteiger partial charge is 0.364 e. The van der Waals surface area contributed by atoms with E-state index in [4.69, 9.17) is 5.73 Å². The van der Waals surface area contributed by atoms with Gasteiger partial charge in [-0.1, -0.05) is 0 Å². The Morgan fingerprint density at radius 3 is 2.50 bits per heavy atom. The van der Waals surface area contributed by atoms with E-state index < -0.39 is 5.91 Å². The number of carbonyl (C=O) groups excluding carboxylic acids is 2. The summed E-state index contributed by atoms with van der Waals surface area (Å²) in [5.74, 6) is -1.04. The minimum atomic E-state index is -0.684. The van der Waals surface area contributed by atoms with Crippen LogP contribution < -0.4 is 11.1 Å². The van der Waals surface area contributed by atoms with Gasteiger partial charge in [-0.15, -0.1) is 0 Å². The molecular weight excluding hydrogens is 260 g/mol. The number of nitrogens with one attached hydrogen (secondary N) is 1. The highest BCUT2D eigenvalue weighted by Gasteiger charge is 2.17. The quantitative estimate of drug-likeness (QED) is 0.827. The van der Waals surface area contributed by atoms with Gasteiger partial charge in [-0.2, -0.15) is 10.2 Å². The number of nitrogens with two attached hydrogens (primary N) is 1. The molecule has 0 aromatic carbocycles. The van der Waals surface area contributed by atoms with Gasteiger partial charge >= 0.3 is 0 Å². The van der Waals surface area contributed by atoms with Crippen molar-refractivity contribution in [3.8, 4) is 0 Å². The maximum atomic E-state index is 12.1. The summed E-state index contributed by atoms with van der Waals surface area (Å²) in [6.45, 7) is 5.04. The smallest absolute Gasteiger partial charge is 0.271 e. The summed E-state index contributed by atoms with van der Waals surface area (Å²) >= 11 is 0. The fraction of sp³-hybridized carbons (Fsp3) is 0.333. The summed E-state index contributed by atoms with van der Waals surface area (Å²) in [6.07, 6.45) is 4.67. The van der Waals surface area contributed by atoms with Crippen molar-refractivity contribution in [2.45, 2.75) is 26.9 Å². The predicted octanol–water partition coefficient (Wildman–Crippen LogP) is 0.471. The highest BCUT2D eigenvalue weighted by atomic mass is 16.2. The summed E-state index contributed by atoms with van der Waals surface area (Å²) in [7, 11) is 0. The number of rotatable bonds is 5. The Morgan fingerprint density at radius 1 is 1.25 bits per heavy atom. The zero-order valence-corrected chi connectivity index (χ0v) is 11.3. The maximum Gasteiger partial charge on any atom is 0.271 e. The van der Waals surface area contributed by atoms with Crippen molar-refractivity contribution in [1.82, 2.24) is 19.6 Å². The van der Waals surface area contributed by atoms with E-state index in [1.807, 2.05) is 13.8 Å². The molecule has 0 unspecified atom stereocenters. The van der Waals surface area contributed by atoms with Gasteiger partial charge in [0.1, 0.15) is 0 Å². The molecule has 8 heteroatoms. The maximum absolute atomic E-state index is 12.1. The molecule has 2 rings (SSSR count). The standard InChI is InChI=1S/C12H16N6O2/c1-3-17-6-8(5-14-17)12(20)15-9-7-18(4-2)16-10(9)11(13)19/h5-7H,3-4H2,1-2H3,(H2,13,19)(H,15,20). The molecule has 0 radical (unpaired) electrons. The highest BCUT2D eigenvalue weighted by molar-refractivity contribution is 6.07. The topological polar surface area (TPSA) is 108 Å².